The zero-order valence-corrected chi connectivity index (χ0v) is 20.3. The highest BCUT2D eigenvalue weighted by Crippen LogP contribution is 2.27. The monoisotopic (exact) mass is 487 g/mol. The van der Waals surface area contributed by atoms with Gasteiger partial charge in [-0.1, -0.05) is 29.8 Å². The second-order valence-corrected chi connectivity index (χ2v) is 8.67. The number of benzene rings is 3. The van der Waals surface area contributed by atoms with Crippen LogP contribution in [0.1, 0.15) is 17.5 Å². The normalized spacial score (nSPS) is 14.9. The first-order chi connectivity index (χ1) is 17.4. The molecule has 1 aliphatic rings. The molecule has 3 aromatic rings. The summed E-state index contributed by atoms with van der Waals surface area (Å²) in [7, 11) is 1.58. The van der Waals surface area contributed by atoms with Gasteiger partial charge in [0.05, 0.1) is 13.0 Å². The first-order valence-electron chi connectivity index (χ1n) is 11.7. The summed E-state index contributed by atoms with van der Waals surface area (Å²) in [6, 6.07) is 21.9. The Morgan fingerprint density at radius 1 is 0.944 bits per heavy atom. The van der Waals surface area contributed by atoms with Crippen LogP contribution >= 0.6 is 0 Å². The summed E-state index contributed by atoms with van der Waals surface area (Å²) in [5.74, 6) is 0.281. The van der Waals surface area contributed by atoms with Crippen molar-refractivity contribution in [3.05, 3.63) is 83.9 Å². The third-order valence-corrected chi connectivity index (χ3v) is 5.98. The average Bonchev–Trinajstić information content (AvgIpc) is 3.29. The van der Waals surface area contributed by atoms with Crippen molar-refractivity contribution in [1.29, 1.82) is 0 Å². The Morgan fingerprint density at radius 2 is 1.61 bits per heavy atom. The first kappa shape index (κ1) is 24.8. The summed E-state index contributed by atoms with van der Waals surface area (Å²) in [6.45, 7) is 2.61. The van der Waals surface area contributed by atoms with Crippen molar-refractivity contribution in [3.63, 3.8) is 0 Å². The molecule has 4 rings (SSSR count). The van der Waals surface area contributed by atoms with Gasteiger partial charge in [0.15, 0.2) is 6.61 Å². The van der Waals surface area contributed by atoms with Crippen molar-refractivity contribution in [2.45, 2.75) is 19.9 Å². The molecule has 8 heteroatoms. The molecule has 1 saturated heterocycles. The molecule has 186 valence electrons. The van der Waals surface area contributed by atoms with E-state index in [2.05, 4.69) is 10.6 Å². The average molecular weight is 488 g/mol. The van der Waals surface area contributed by atoms with Crippen molar-refractivity contribution in [2.75, 3.05) is 30.5 Å². The van der Waals surface area contributed by atoms with Crippen molar-refractivity contribution in [3.8, 4) is 11.5 Å². The number of aryl methyl sites for hydroxylation is 1. The Labute approximate surface area is 210 Å². The van der Waals surface area contributed by atoms with Gasteiger partial charge in [-0.3, -0.25) is 14.4 Å². The van der Waals surface area contributed by atoms with Gasteiger partial charge in [0.2, 0.25) is 11.8 Å². The predicted molar refractivity (Wildman–Crippen MR) is 137 cm³/mol. The van der Waals surface area contributed by atoms with Gasteiger partial charge in [0.25, 0.3) is 5.91 Å². The summed E-state index contributed by atoms with van der Waals surface area (Å²) in [5, 5.41) is 5.68. The Balaban J connectivity index is 1.25. The minimum Gasteiger partial charge on any atom is -0.497 e. The molecule has 0 aromatic heterocycles. The summed E-state index contributed by atoms with van der Waals surface area (Å²) in [5.41, 5.74) is 3.51. The largest absolute Gasteiger partial charge is 0.497 e. The number of amides is 3. The van der Waals surface area contributed by atoms with E-state index in [0.29, 0.717) is 36.0 Å². The maximum absolute atomic E-state index is 12.6. The second kappa shape index (κ2) is 11.4. The smallest absolute Gasteiger partial charge is 0.262 e. The Bertz CT molecular complexity index is 1210. The molecule has 0 spiro atoms. The van der Waals surface area contributed by atoms with Gasteiger partial charge >= 0.3 is 0 Å². The highest BCUT2D eigenvalue weighted by molar-refractivity contribution is 6.00. The summed E-state index contributed by atoms with van der Waals surface area (Å²) in [6.07, 6.45) is 0.170. The zero-order chi connectivity index (χ0) is 25.5. The first-order valence-corrected chi connectivity index (χ1v) is 11.7. The molecule has 1 aliphatic heterocycles. The molecule has 1 fully saturated rings. The Hall–Kier alpha value is -4.33. The van der Waals surface area contributed by atoms with E-state index in [1.807, 2.05) is 31.2 Å². The highest BCUT2D eigenvalue weighted by Gasteiger charge is 2.35. The number of nitrogens with zero attached hydrogens (tertiary/aromatic N) is 1. The topological polar surface area (TPSA) is 97.0 Å². The van der Waals surface area contributed by atoms with Crippen molar-refractivity contribution in [1.82, 2.24) is 5.32 Å². The van der Waals surface area contributed by atoms with Crippen molar-refractivity contribution in [2.24, 2.45) is 5.92 Å². The van der Waals surface area contributed by atoms with E-state index in [9.17, 15) is 14.4 Å². The van der Waals surface area contributed by atoms with E-state index < -0.39 is 5.92 Å². The summed E-state index contributed by atoms with van der Waals surface area (Å²) in [4.78, 5) is 39.0. The van der Waals surface area contributed by atoms with Crippen LogP contribution in [0, 0.1) is 12.8 Å². The van der Waals surface area contributed by atoms with Crippen molar-refractivity contribution >= 4 is 29.1 Å². The number of rotatable bonds is 9. The van der Waals surface area contributed by atoms with Crippen LogP contribution in [-0.2, 0) is 20.9 Å². The molecular weight excluding hydrogens is 458 g/mol. The molecular formula is C28H29N3O5. The van der Waals surface area contributed by atoms with E-state index in [-0.39, 0.29) is 30.7 Å². The Kier molecular flexibility index (Phi) is 7.85. The lowest BCUT2D eigenvalue weighted by atomic mass is 10.1. The van der Waals surface area contributed by atoms with Gasteiger partial charge in [-0.25, -0.2) is 0 Å². The molecule has 36 heavy (non-hydrogen) atoms. The lowest BCUT2D eigenvalue weighted by Crippen LogP contribution is -2.32. The number of carbonyl (C=O) groups is 3. The van der Waals surface area contributed by atoms with Crippen LogP contribution in [0.5, 0.6) is 11.5 Å². The maximum Gasteiger partial charge on any atom is 0.262 e. The molecule has 1 heterocycles. The predicted octanol–water partition coefficient (Wildman–Crippen LogP) is 3.69. The zero-order valence-electron chi connectivity index (χ0n) is 20.3. The van der Waals surface area contributed by atoms with Crippen molar-refractivity contribution < 1.29 is 23.9 Å². The molecule has 0 radical (unpaired) electrons. The van der Waals surface area contributed by atoms with Crippen LogP contribution in [0.15, 0.2) is 72.8 Å². The third-order valence-electron chi connectivity index (χ3n) is 5.98. The molecule has 0 bridgehead atoms. The van der Waals surface area contributed by atoms with Crippen LogP contribution in [0.2, 0.25) is 0 Å². The van der Waals surface area contributed by atoms with Gasteiger partial charge in [-0.15, -0.1) is 0 Å². The fraction of sp³-hybridized carbons (Fsp3) is 0.250. The number of carbonyl (C=O) groups excluding carboxylic acids is 3. The van der Waals surface area contributed by atoms with E-state index >= 15 is 0 Å². The van der Waals surface area contributed by atoms with Crippen LogP contribution in [-0.4, -0.2) is 38.0 Å². The lowest BCUT2D eigenvalue weighted by Gasteiger charge is -2.17. The molecule has 0 unspecified atom stereocenters. The molecule has 8 nitrogen and oxygen atoms in total. The lowest BCUT2D eigenvalue weighted by molar-refractivity contribution is -0.126. The number of hydrogen-bond donors (Lipinski definition) is 2. The standard InChI is InChI=1S/C28H29N3O5/c1-19-3-5-20(6-4-19)16-29-28(34)21-15-27(33)31(17-21)23-9-13-25(14-10-23)36-18-26(32)30-22-7-11-24(35-2)12-8-22/h3-14,21H,15-18H2,1-2H3,(H,29,34)(H,30,32)/t21-/m0/s1. The molecule has 3 amide bonds. The van der Waals surface area contributed by atoms with E-state index in [1.54, 1.807) is 60.5 Å². The fourth-order valence-corrected chi connectivity index (χ4v) is 3.91. The molecule has 2 N–H and O–H groups in total. The molecule has 0 aliphatic carbocycles. The molecule has 0 saturated carbocycles. The highest BCUT2D eigenvalue weighted by atomic mass is 16.5. The van der Waals surface area contributed by atoms with Gasteiger partial charge < -0.3 is 25.0 Å². The molecule has 1 atom stereocenters. The van der Waals surface area contributed by atoms with Crippen LogP contribution in [0.4, 0.5) is 11.4 Å². The number of nitrogens with one attached hydrogen (secondary N) is 2. The maximum atomic E-state index is 12.6. The number of hydrogen-bond acceptors (Lipinski definition) is 5. The molecule has 3 aromatic carbocycles. The van der Waals surface area contributed by atoms with Crippen LogP contribution in [0.25, 0.3) is 0 Å². The van der Waals surface area contributed by atoms with E-state index in [1.165, 1.54) is 0 Å². The number of ether oxygens (including phenoxy) is 2. The van der Waals surface area contributed by atoms with Gasteiger partial charge in [0.1, 0.15) is 11.5 Å². The fourth-order valence-electron chi connectivity index (χ4n) is 3.91. The minimum atomic E-state index is -0.402. The third kappa shape index (κ3) is 6.41. The quantitative estimate of drug-likeness (QED) is 0.480. The van der Waals surface area contributed by atoms with Crippen LogP contribution in [0.3, 0.4) is 0 Å². The van der Waals surface area contributed by atoms with E-state index in [0.717, 1.165) is 11.1 Å². The SMILES string of the molecule is COc1ccc(NC(=O)COc2ccc(N3C[C@@H](C(=O)NCc4ccc(C)cc4)CC3=O)cc2)cc1. The van der Waals surface area contributed by atoms with Gasteiger partial charge in [-0.2, -0.15) is 0 Å². The van der Waals surface area contributed by atoms with Crippen LogP contribution < -0.4 is 25.0 Å². The summed E-state index contributed by atoms with van der Waals surface area (Å²) < 4.78 is 10.7. The number of anilines is 2. The van der Waals surface area contributed by atoms with Gasteiger partial charge in [-0.05, 0) is 61.0 Å². The Morgan fingerprint density at radius 3 is 2.28 bits per heavy atom. The van der Waals surface area contributed by atoms with Gasteiger partial charge in [0, 0.05) is 30.9 Å². The van der Waals surface area contributed by atoms with E-state index in [4.69, 9.17) is 9.47 Å². The minimum absolute atomic E-state index is 0.0991. The number of methoxy groups -OCH3 is 1. The summed E-state index contributed by atoms with van der Waals surface area (Å²) >= 11 is 0. The second-order valence-electron chi connectivity index (χ2n) is 8.67.